The molecular weight excluding hydrogens is 400 g/mol. The van der Waals surface area contributed by atoms with E-state index < -0.39 is 9.84 Å². The van der Waals surface area contributed by atoms with Gasteiger partial charge in [0.1, 0.15) is 0 Å². The van der Waals surface area contributed by atoms with Gasteiger partial charge in [-0.2, -0.15) is 0 Å². The number of rotatable bonds is 7. The maximum atomic E-state index is 12.9. The summed E-state index contributed by atoms with van der Waals surface area (Å²) >= 11 is 0. The molecule has 0 radical (unpaired) electrons. The van der Waals surface area contributed by atoms with Crippen LogP contribution in [0, 0.1) is 19.8 Å². The third kappa shape index (κ3) is 6.20. The Kier molecular flexibility index (Phi) is 8.29. The van der Waals surface area contributed by atoms with Gasteiger partial charge in [-0.25, -0.2) is 8.42 Å². The van der Waals surface area contributed by atoms with Crippen molar-refractivity contribution in [2.45, 2.75) is 64.4 Å². The molecule has 0 spiro atoms. The molecule has 1 fully saturated rings. The Labute approximate surface area is 181 Å². The number of sulfone groups is 1. The largest absolute Gasteiger partial charge is 0.353 e. The van der Waals surface area contributed by atoms with Crippen LogP contribution in [0.5, 0.6) is 0 Å². The molecule has 168 valence electrons. The number of amides is 1. The van der Waals surface area contributed by atoms with Crippen molar-refractivity contribution in [2.75, 3.05) is 25.9 Å². The standard InChI is InChI=1S/C22H36N4O3S/c1-7-18(14-30(28,29)20-9-8-16(4)17(5)12-20)24-22(23-6)25-19-10-11-26(13-19)21(27)15(2)3/h8-9,12,15,18-19H,7,10-11,13-14H2,1-6H3,(H2,23,24,25). The third-order valence-corrected chi connectivity index (χ3v) is 7.46. The van der Waals surface area contributed by atoms with Crippen LogP contribution in [-0.4, -0.2) is 63.2 Å². The van der Waals surface area contributed by atoms with E-state index in [9.17, 15) is 13.2 Å². The highest BCUT2D eigenvalue weighted by Gasteiger charge is 2.29. The lowest BCUT2D eigenvalue weighted by Gasteiger charge is -2.23. The van der Waals surface area contributed by atoms with Crippen LogP contribution in [0.1, 0.15) is 44.7 Å². The summed E-state index contributed by atoms with van der Waals surface area (Å²) in [4.78, 5) is 18.7. The summed E-state index contributed by atoms with van der Waals surface area (Å²) in [5.41, 5.74) is 2.04. The minimum atomic E-state index is -3.42. The molecule has 0 aromatic heterocycles. The molecule has 1 aromatic rings. The predicted octanol–water partition coefficient (Wildman–Crippen LogP) is 2.28. The Balaban J connectivity index is 1.99. The summed E-state index contributed by atoms with van der Waals surface area (Å²) in [6.45, 7) is 11.0. The number of hydrogen-bond acceptors (Lipinski definition) is 4. The summed E-state index contributed by atoms with van der Waals surface area (Å²) < 4.78 is 25.8. The van der Waals surface area contributed by atoms with Crippen LogP contribution in [0.3, 0.4) is 0 Å². The molecule has 2 unspecified atom stereocenters. The van der Waals surface area contributed by atoms with Gasteiger partial charge in [0.2, 0.25) is 5.91 Å². The van der Waals surface area contributed by atoms with Crippen LogP contribution >= 0.6 is 0 Å². The van der Waals surface area contributed by atoms with E-state index in [0.717, 1.165) is 24.1 Å². The Hall–Kier alpha value is -2.09. The number of nitrogens with zero attached hydrogens (tertiary/aromatic N) is 2. The van der Waals surface area contributed by atoms with Gasteiger partial charge in [0.15, 0.2) is 15.8 Å². The van der Waals surface area contributed by atoms with Gasteiger partial charge in [0.25, 0.3) is 0 Å². The minimum absolute atomic E-state index is 0.00463. The molecule has 0 bridgehead atoms. The summed E-state index contributed by atoms with van der Waals surface area (Å²) in [6.07, 6.45) is 1.49. The summed E-state index contributed by atoms with van der Waals surface area (Å²) in [5.74, 6) is 0.713. The van der Waals surface area contributed by atoms with Crippen molar-refractivity contribution >= 4 is 21.7 Å². The molecule has 1 heterocycles. The van der Waals surface area contributed by atoms with Crippen LogP contribution < -0.4 is 10.6 Å². The first kappa shape index (κ1) is 24.2. The van der Waals surface area contributed by atoms with E-state index in [0.29, 0.717) is 23.8 Å². The maximum absolute atomic E-state index is 12.9. The number of aryl methyl sites for hydroxylation is 2. The molecule has 2 atom stereocenters. The molecule has 8 heteroatoms. The first-order chi connectivity index (χ1) is 14.1. The normalized spacial score (nSPS) is 18.6. The molecular formula is C22H36N4O3S. The number of aliphatic imine (C=N–C) groups is 1. The fourth-order valence-electron chi connectivity index (χ4n) is 3.53. The molecule has 1 aliphatic heterocycles. The second-order valence-electron chi connectivity index (χ2n) is 8.42. The van der Waals surface area contributed by atoms with Gasteiger partial charge in [0.05, 0.1) is 10.6 Å². The molecule has 7 nitrogen and oxygen atoms in total. The van der Waals surface area contributed by atoms with E-state index >= 15 is 0 Å². The maximum Gasteiger partial charge on any atom is 0.225 e. The molecule has 0 aliphatic carbocycles. The number of nitrogens with one attached hydrogen (secondary N) is 2. The smallest absolute Gasteiger partial charge is 0.225 e. The zero-order valence-corrected chi connectivity index (χ0v) is 19.8. The molecule has 1 amide bonds. The highest BCUT2D eigenvalue weighted by Crippen LogP contribution is 2.18. The van der Waals surface area contributed by atoms with Crippen LogP contribution in [0.15, 0.2) is 28.1 Å². The van der Waals surface area contributed by atoms with Crippen molar-refractivity contribution in [2.24, 2.45) is 10.9 Å². The number of guanidine groups is 1. The van der Waals surface area contributed by atoms with Crippen LogP contribution in [0.4, 0.5) is 0 Å². The minimum Gasteiger partial charge on any atom is -0.353 e. The first-order valence-electron chi connectivity index (χ1n) is 10.7. The van der Waals surface area contributed by atoms with Gasteiger partial charge in [-0.1, -0.05) is 26.8 Å². The zero-order chi connectivity index (χ0) is 22.5. The Morgan fingerprint density at radius 1 is 1.27 bits per heavy atom. The van der Waals surface area contributed by atoms with Gasteiger partial charge in [-0.3, -0.25) is 9.79 Å². The van der Waals surface area contributed by atoms with Crippen molar-refractivity contribution in [1.29, 1.82) is 0 Å². The van der Waals surface area contributed by atoms with Gasteiger partial charge in [-0.15, -0.1) is 0 Å². The molecule has 2 rings (SSSR count). The summed E-state index contributed by atoms with van der Waals surface area (Å²) in [7, 11) is -1.75. The van der Waals surface area contributed by atoms with Crippen molar-refractivity contribution in [3.8, 4) is 0 Å². The van der Waals surface area contributed by atoms with Crippen molar-refractivity contribution < 1.29 is 13.2 Å². The third-order valence-electron chi connectivity index (χ3n) is 5.65. The fourth-order valence-corrected chi connectivity index (χ4v) is 5.20. The molecule has 1 aromatic carbocycles. The second-order valence-corrected chi connectivity index (χ2v) is 10.5. The Morgan fingerprint density at radius 2 is 1.97 bits per heavy atom. The number of hydrogen-bond donors (Lipinski definition) is 2. The number of likely N-dealkylation sites (tertiary alicyclic amines) is 1. The highest BCUT2D eigenvalue weighted by atomic mass is 32.2. The van der Waals surface area contributed by atoms with E-state index in [-0.39, 0.29) is 29.7 Å². The lowest BCUT2D eigenvalue weighted by Crippen LogP contribution is -2.50. The monoisotopic (exact) mass is 436 g/mol. The fraction of sp³-hybridized carbons (Fsp3) is 0.636. The van der Waals surface area contributed by atoms with Gasteiger partial charge >= 0.3 is 0 Å². The van der Waals surface area contributed by atoms with E-state index in [1.165, 1.54) is 0 Å². The van der Waals surface area contributed by atoms with E-state index in [1.807, 2.05) is 45.6 Å². The molecule has 0 saturated carbocycles. The van der Waals surface area contributed by atoms with Crippen molar-refractivity contribution in [1.82, 2.24) is 15.5 Å². The van der Waals surface area contributed by atoms with Crippen molar-refractivity contribution in [3.63, 3.8) is 0 Å². The molecule has 1 aliphatic rings. The van der Waals surface area contributed by atoms with Gasteiger partial charge < -0.3 is 15.5 Å². The Morgan fingerprint density at radius 3 is 2.53 bits per heavy atom. The van der Waals surface area contributed by atoms with Crippen molar-refractivity contribution in [3.05, 3.63) is 29.3 Å². The van der Waals surface area contributed by atoms with Crippen LogP contribution in [0.25, 0.3) is 0 Å². The van der Waals surface area contributed by atoms with Crippen LogP contribution in [-0.2, 0) is 14.6 Å². The van der Waals surface area contributed by atoms with E-state index in [4.69, 9.17) is 0 Å². The SMILES string of the molecule is CCC(CS(=O)(=O)c1ccc(C)c(C)c1)NC(=NC)NC1CCN(C(=O)C(C)C)C1. The predicted molar refractivity (Wildman–Crippen MR) is 122 cm³/mol. The summed E-state index contributed by atoms with van der Waals surface area (Å²) in [6, 6.07) is 5.10. The highest BCUT2D eigenvalue weighted by molar-refractivity contribution is 7.91. The molecule has 30 heavy (non-hydrogen) atoms. The number of carbonyl (C=O) groups is 1. The number of benzene rings is 1. The number of carbonyl (C=O) groups excluding carboxylic acids is 1. The van der Waals surface area contributed by atoms with Gasteiger partial charge in [0, 0.05) is 38.1 Å². The summed E-state index contributed by atoms with van der Waals surface area (Å²) in [5, 5.41) is 6.60. The molecule has 2 N–H and O–H groups in total. The average molecular weight is 437 g/mol. The van der Waals surface area contributed by atoms with Crippen LogP contribution in [0.2, 0.25) is 0 Å². The lowest BCUT2D eigenvalue weighted by atomic mass is 10.1. The topological polar surface area (TPSA) is 90.9 Å². The first-order valence-corrected chi connectivity index (χ1v) is 12.3. The quantitative estimate of drug-likeness (QED) is 0.505. The average Bonchev–Trinajstić information content (AvgIpc) is 3.16. The second kappa shape index (κ2) is 10.3. The van der Waals surface area contributed by atoms with E-state index in [1.54, 1.807) is 19.2 Å². The van der Waals surface area contributed by atoms with Gasteiger partial charge in [-0.05, 0) is 49.9 Å². The van der Waals surface area contributed by atoms with E-state index in [2.05, 4.69) is 15.6 Å². The Bertz CT molecular complexity index is 880. The lowest BCUT2D eigenvalue weighted by molar-refractivity contribution is -0.133. The zero-order valence-electron chi connectivity index (χ0n) is 19.0. The molecule has 1 saturated heterocycles.